The molecule has 1 atom stereocenters. The fourth-order valence-electron chi connectivity index (χ4n) is 3.23. The predicted molar refractivity (Wildman–Crippen MR) is 91.8 cm³/mol. The van der Waals surface area contributed by atoms with Gasteiger partial charge in [-0.3, -0.25) is 4.79 Å². The van der Waals surface area contributed by atoms with Gasteiger partial charge in [0.2, 0.25) is 5.91 Å². The molecule has 1 rings (SSSR count). The molecule has 1 fully saturated rings. The fourth-order valence-corrected chi connectivity index (χ4v) is 3.23. The minimum atomic E-state index is -0.531. The Bertz CT molecular complexity index is 341. The molecule has 1 aliphatic heterocycles. The fraction of sp³-hybridized carbons (Fsp3) is 0.944. The summed E-state index contributed by atoms with van der Waals surface area (Å²) in [6, 6.07) is 0. The van der Waals surface area contributed by atoms with Gasteiger partial charge >= 0.3 is 0 Å². The lowest BCUT2D eigenvalue weighted by molar-refractivity contribution is -0.132. The highest BCUT2D eigenvalue weighted by Crippen LogP contribution is 2.31. The average molecular weight is 312 g/mol. The Morgan fingerprint density at radius 1 is 1.32 bits per heavy atom. The first-order valence-electron chi connectivity index (χ1n) is 8.83. The van der Waals surface area contributed by atoms with E-state index in [1.54, 1.807) is 7.05 Å². The van der Waals surface area contributed by atoms with Gasteiger partial charge < -0.3 is 15.3 Å². The summed E-state index contributed by atoms with van der Waals surface area (Å²) in [7, 11) is 1.73. The first-order valence-corrected chi connectivity index (χ1v) is 8.83. The van der Waals surface area contributed by atoms with Crippen LogP contribution in [0.4, 0.5) is 0 Å². The Balaban J connectivity index is 2.20. The number of amides is 1. The molecular formula is C18H36N2O2. The minimum absolute atomic E-state index is 0.177. The summed E-state index contributed by atoms with van der Waals surface area (Å²) < 4.78 is 0. The molecule has 1 aliphatic rings. The monoisotopic (exact) mass is 312 g/mol. The number of nitrogens with one attached hydrogen (secondary N) is 1. The van der Waals surface area contributed by atoms with E-state index < -0.39 is 5.60 Å². The van der Waals surface area contributed by atoms with Crippen molar-refractivity contribution in [2.75, 3.05) is 26.7 Å². The third kappa shape index (κ3) is 6.66. The molecule has 130 valence electrons. The maximum atomic E-state index is 11.9. The summed E-state index contributed by atoms with van der Waals surface area (Å²) in [5.41, 5.74) is -0.708. The third-order valence-corrected chi connectivity index (χ3v) is 5.16. The van der Waals surface area contributed by atoms with Crippen molar-refractivity contribution in [1.82, 2.24) is 10.2 Å². The van der Waals surface area contributed by atoms with E-state index in [0.29, 0.717) is 5.92 Å². The maximum Gasteiger partial charge on any atom is 0.225 e. The number of rotatable bonds is 8. The maximum absolute atomic E-state index is 11.9. The molecule has 0 aromatic heterocycles. The zero-order chi connectivity index (χ0) is 16.8. The Morgan fingerprint density at radius 3 is 2.41 bits per heavy atom. The van der Waals surface area contributed by atoms with Gasteiger partial charge in [-0.2, -0.15) is 0 Å². The van der Waals surface area contributed by atoms with Crippen molar-refractivity contribution in [3.05, 3.63) is 0 Å². The van der Waals surface area contributed by atoms with E-state index >= 15 is 0 Å². The number of carbonyl (C=O) groups excluding carboxylic acids is 1. The van der Waals surface area contributed by atoms with E-state index in [2.05, 4.69) is 24.1 Å². The third-order valence-electron chi connectivity index (χ3n) is 5.16. The van der Waals surface area contributed by atoms with Gasteiger partial charge in [0, 0.05) is 12.5 Å². The van der Waals surface area contributed by atoms with Crippen LogP contribution in [0.1, 0.15) is 66.2 Å². The number of likely N-dealkylation sites (tertiary alicyclic amines) is 1. The molecule has 0 unspecified atom stereocenters. The molecule has 1 saturated heterocycles. The molecule has 0 saturated carbocycles. The van der Waals surface area contributed by atoms with Crippen LogP contribution in [0.2, 0.25) is 0 Å². The van der Waals surface area contributed by atoms with Crippen molar-refractivity contribution in [3.63, 3.8) is 0 Å². The zero-order valence-corrected chi connectivity index (χ0v) is 15.2. The number of hydrogen-bond acceptors (Lipinski definition) is 3. The molecular weight excluding hydrogens is 276 g/mol. The highest BCUT2D eigenvalue weighted by Gasteiger charge is 2.35. The first-order chi connectivity index (χ1) is 10.2. The largest absolute Gasteiger partial charge is 0.390 e. The Morgan fingerprint density at radius 2 is 1.91 bits per heavy atom. The van der Waals surface area contributed by atoms with Crippen LogP contribution in [0.5, 0.6) is 0 Å². The van der Waals surface area contributed by atoms with Gasteiger partial charge in [-0.15, -0.1) is 0 Å². The SMILES string of the molecule is CNC(=O)C1(C)CCN(CC[C@H](C)CCCC(C)(C)O)CC1. The van der Waals surface area contributed by atoms with E-state index in [9.17, 15) is 9.90 Å². The van der Waals surface area contributed by atoms with Crippen LogP contribution in [0, 0.1) is 11.3 Å². The predicted octanol–water partition coefficient (Wildman–Crippen LogP) is 2.80. The summed E-state index contributed by atoms with van der Waals surface area (Å²) >= 11 is 0. The second-order valence-electron chi connectivity index (χ2n) is 8.08. The van der Waals surface area contributed by atoms with Crippen LogP contribution in [-0.2, 0) is 4.79 Å². The van der Waals surface area contributed by atoms with Crippen molar-refractivity contribution < 1.29 is 9.90 Å². The standard InChI is InChI=1S/C18H36N2O2/c1-15(7-6-9-17(2,3)22)8-12-20-13-10-18(4,11-14-20)16(21)19-5/h15,22H,6-14H2,1-5H3,(H,19,21)/t15-/m1/s1. The smallest absolute Gasteiger partial charge is 0.225 e. The molecule has 4 nitrogen and oxygen atoms in total. The second kappa shape index (κ2) is 8.30. The molecule has 0 spiro atoms. The van der Waals surface area contributed by atoms with Gasteiger partial charge in [0.15, 0.2) is 0 Å². The van der Waals surface area contributed by atoms with Gasteiger partial charge in [-0.1, -0.05) is 26.7 Å². The Hall–Kier alpha value is -0.610. The van der Waals surface area contributed by atoms with E-state index in [4.69, 9.17) is 0 Å². The zero-order valence-electron chi connectivity index (χ0n) is 15.2. The molecule has 0 bridgehead atoms. The number of nitrogens with zero attached hydrogens (tertiary/aromatic N) is 1. The summed E-state index contributed by atoms with van der Waals surface area (Å²) in [4.78, 5) is 14.4. The highest BCUT2D eigenvalue weighted by atomic mass is 16.3. The van der Waals surface area contributed by atoms with Crippen LogP contribution in [0.15, 0.2) is 0 Å². The molecule has 22 heavy (non-hydrogen) atoms. The van der Waals surface area contributed by atoms with Crippen LogP contribution >= 0.6 is 0 Å². The van der Waals surface area contributed by atoms with Crippen molar-refractivity contribution in [3.8, 4) is 0 Å². The summed E-state index contributed by atoms with van der Waals surface area (Å²) in [6.45, 7) is 11.4. The van der Waals surface area contributed by atoms with E-state index in [-0.39, 0.29) is 11.3 Å². The van der Waals surface area contributed by atoms with E-state index in [0.717, 1.165) is 45.3 Å². The van der Waals surface area contributed by atoms with Gasteiger partial charge in [0.05, 0.1) is 5.60 Å². The average Bonchev–Trinajstić information content (AvgIpc) is 2.44. The molecule has 4 heteroatoms. The van der Waals surface area contributed by atoms with E-state index in [1.165, 1.54) is 12.8 Å². The Labute approximate surface area is 136 Å². The minimum Gasteiger partial charge on any atom is -0.390 e. The van der Waals surface area contributed by atoms with Crippen molar-refractivity contribution in [2.24, 2.45) is 11.3 Å². The number of piperidine rings is 1. The van der Waals surface area contributed by atoms with Crippen LogP contribution in [0.25, 0.3) is 0 Å². The molecule has 0 radical (unpaired) electrons. The quantitative estimate of drug-likeness (QED) is 0.724. The molecule has 2 N–H and O–H groups in total. The van der Waals surface area contributed by atoms with Crippen molar-refractivity contribution in [2.45, 2.75) is 71.8 Å². The lowest BCUT2D eigenvalue weighted by atomic mass is 9.79. The summed E-state index contributed by atoms with van der Waals surface area (Å²) in [6.07, 6.45) is 6.29. The molecule has 1 heterocycles. The van der Waals surface area contributed by atoms with Crippen molar-refractivity contribution >= 4 is 5.91 Å². The molecule has 0 aliphatic carbocycles. The topological polar surface area (TPSA) is 52.6 Å². The molecule has 0 aromatic carbocycles. The van der Waals surface area contributed by atoms with Gasteiger partial charge in [-0.25, -0.2) is 0 Å². The van der Waals surface area contributed by atoms with Gasteiger partial charge in [-0.05, 0) is 65.1 Å². The second-order valence-corrected chi connectivity index (χ2v) is 8.08. The van der Waals surface area contributed by atoms with Crippen LogP contribution in [-0.4, -0.2) is 48.2 Å². The number of aliphatic hydroxyl groups is 1. The van der Waals surface area contributed by atoms with Gasteiger partial charge in [0.25, 0.3) is 0 Å². The first kappa shape index (κ1) is 19.4. The summed E-state index contributed by atoms with van der Waals surface area (Å²) in [5.74, 6) is 0.890. The Kier molecular flexibility index (Phi) is 7.33. The normalized spacial score (nSPS) is 20.6. The van der Waals surface area contributed by atoms with Gasteiger partial charge in [0.1, 0.15) is 0 Å². The van der Waals surface area contributed by atoms with Crippen LogP contribution in [0.3, 0.4) is 0 Å². The highest BCUT2D eigenvalue weighted by molar-refractivity contribution is 5.82. The van der Waals surface area contributed by atoms with E-state index in [1.807, 2.05) is 13.8 Å². The lowest BCUT2D eigenvalue weighted by Gasteiger charge is -2.38. The molecule has 1 amide bonds. The summed E-state index contributed by atoms with van der Waals surface area (Å²) in [5, 5.41) is 12.5. The van der Waals surface area contributed by atoms with Crippen LogP contribution < -0.4 is 5.32 Å². The number of carbonyl (C=O) groups is 1. The number of hydrogen-bond donors (Lipinski definition) is 2. The molecule has 0 aromatic rings. The van der Waals surface area contributed by atoms with Crippen molar-refractivity contribution in [1.29, 1.82) is 0 Å². The lowest BCUT2D eigenvalue weighted by Crippen LogP contribution is -2.46.